The molecule has 0 spiro atoms. The van der Waals surface area contributed by atoms with E-state index in [4.69, 9.17) is 10.5 Å². The van der Waals surface area contributed by atoms with Crippen LogP contribution in [0.1, 0.15) is 13.3 Å². The van der Waals surface area contributed by atoms with E-state index in [-0.39, 0.29) is 6.10 Å². The maximum atomic E-state index is 5.53. The van der Waals surface area contributed by atoms with Crippen molar-refractivity contribution in [3.05, 3.63) is 0 Å². The molecule has 0 aromatic carbocycles. The SMILES string of the molecule is CO[C@H]1CC(N)=NC[C@@H]1C. The van der Waals surface area contributed by atoms with Crippen LogP contribution in [0.5, 0.6) is 0 Å². The average molecular weight is 142 g/mol. The summed E-state index contributed by atoms with van der Waals surface area (Å²) in [6, 6.07) is 0. The summed E-state index contributed by atoms with van der Waals surface area (Å²) in [6.07, 6.45) is 1.06. The molecule has 58 valence electrons. The average Bonchev–Trinajstić information content (AvgIpc) is 1.94. The summed E-state index contributed by atoms with van der Waals surface area (Å²) < 4.78 is 5.21. The number of nitrogens with two attached hydrogens (primary N) is 1. The minimum absolute atomic E-state index is 0.275. The monoisotopic (exact) mass is 142 g/mol. The summed E-state index contributed by atoms with van der Waals surface area (Å²) in [4.78, 5) is 4.12. The molecule has 0 saturated carbocycles. The van der Waals surface area contributed by atoms with Gasteiger partial charge in [-0.1, -0.05) is 6.92 Å². The van der Waals surface area contributed by atoms with Gasteiger partial charge in [-0.15, -0.1) is 0 Å². The van der Waals surface area contributed by atoms with Crippen molar-refractivity contribution in [2.45, 2.75) is 19.4 Å². The molecule has 3 nitrogen and oxygen atoms in total. The zero-order chi connectivity index (χ0) is 7.56. The molecule has 10 heavy (non-hydrogen) atoms. The van der Waals surface area contributed by atoms with Gasteiger partial charge in [0, 0.05) is 26.0 Å². The Labute approximate surface area is 61.3 Å². The van der Waals surface area contributed by atoms with Crippen molar-refractivity contribution in [2.75, 3.05) is 13.7 Å². The van der Waals surface area contributed by atoms with Gasteiger partial charge in [-0.2, -0.15) is 0 Å². The minimum Gasteiger partial charge on any atom is -0.387 e. The summed E-state index contributed by atoms with van der Waals surface area (Å²) in [6.45, 7) is 2.94. The molecule has 2 atom stereocenters. The summed E-state index contributed by atoms with van der Waals surface area (Å²) >= 11 is 0. The first kappa shape index (κ1) is 7.54. The summed E-state index contributed by atoms with van der Waals surface area (Å²) in [7, 11) is 1.72. The molecule has 2 N–H and O–H groups in total. The van der Waals surface area contributed by atoms with Gasteiger partial charge in [0.15, 0.2) is 0 Å². The van der Waals surface area contributed by atoms with Crippen LogP contribution in [0.2, 0.25) is 0 Å². The van der Waals surface area contributed by atoms with Gasteiger partial charge in [-0.3, -0.25) is 4.99 Å². The highest BCUT2D eigenvalue weighted by molar-refractivity contribution is 5.81. The summed E-state index contributed by atoms with van der Waals surface area (Å²) in [5.74, 6) is 1.24. The number of nitrogens with zero attached hydrogens (tertiary/aromatic N) is 1. The van der Waals surface area contributed by atoms with Crippen molar-refractivity contribution >= 4 is 5.84 Å². The van der Waals surface area contributed by atoms with Crippen molar-refractivity contribution in [3.63, 3.8) is 0 Å². The first-order valence-corrected chi connectivity index (χ1v) is 3.55. The second kappa shape index (κ2) is 3.01. The van der Waals surface area contributed by atoms with Gasteiger partial charge in [0.25, 0.3) is 0 Å². The standard InChI is InChI=1S/C7H14N2O/c1-5-4-9-7(8)3-6(5)10-2/h5-6H,3-4H2,1-2H3,(H2,8,9)/t5-,6-/m0/s1. The summed E-state index contributed by atoms with van der Waals surface area (Å²) in [5, 5.41) is 0. The zero-order valence-electron chi connectivity index (χ0n) is 6.50. The molecule has 0 unspecified atom stereocenters. The Hall–Kier alpha value is -0.570. The Kier molecular flexibility index (Phi) is 2.27. The van der Waals surface area contributed by atoms with Crippen molar-refractivity contribution in [1.82, 2.24) is 0 Å². The second-order valence-electron chi connectivity index (χ2n) is 2.79. The molecular formula is C7H14N2O. The molecule has 0 radical (unpaired) electrons. The number of ether oxygens (including phenoxy) is 1. The number of amidine groups is 1. The van der Waals surface area contributed by atoms with Crippen LogP contribution in [0.15, 0.2) is 4.99 Å². The van der Waals surface area contributed by atoms with E-state index in [1.165, 1.54) is 0 Å². The molecule has 0 aromatic heterocycles. The number of methoxy groups -OCH3 is 1. The largest absolute Gasteiger partial charge is 0.387 e. The van der Waals surface area contributed by atoms with E-state index in [0.717, 1.165) is 18.8 Å². The number of hydrogen-bond acceptors (Lipinski definition) is 3. The molecule has 0 fully saturated rings. The van der Waals surface area contributed by atoms with Crippen LogP contribution in [0.3, 0.4) is 0 Å². The first-order valence-electron chi connectivity index (χ1n) is 3.55. The van der Waals surface area contributed by atoms with E-state index in [9.17, 15) is 0 Å². The molecule has 1 aliphatic rings. The van der Waals surface area contributed by atoms with Gasteiger partial charge < -0.3 is 10.5 Å². The molecule has 0 amide bonds. The summed E-state index contributed by atoms with van der Waals surface area (Å²) in [5.41, 5.74) is 5.53. The van der Waals surface area contributed by atoms with Gasteiger partial charge in [-0.25, -0.2) is 0 Å². The number of hydrogen-bond donors (Lipinski definition) is 1. The second-order valence-corrected chi connectivity index (χ2v) is 2.79. The van der Waals surface area contributed by atoms with Crippen LogP contribution in [0.4, 0.5) is 0 Å². The third kappa shape index (κ3) is 1.48. The Morgan fingerprint density at radius 3 is 2.90 bits per heavy atom. The minimum atomic E-state index is 0.275. The highest BCUT2D eigenvalue weighted by Gasteiger charge is 2.21. The van der Waals surface area contributed by atoms with E-state index < -0.39 is 0 Å². The van der Waals surface area contributed by atoms with Crippen LogP contribution in [-0.2, 0) is 4.74 Å². The number of rotatable bonds is 1. The highest BCUT2D eigenvalue weighted by Crippen LogP contribution is 2.15. The predicted octanol–water partition coefficient (Wildman–Crippen LogP) is 0.398. The maximum Gasteiger partial charge on any atom is 0.0963 e. The fourth-order valence-corrected chi connectivity index (χ4v) is 1.17. The van der Waals surface area contributed by atoms with Crippen LogP contribution in [0, 0.1) is 5.92 Å². The van der Waals surface area contributed by atoms with Gasteiger partial charge in [-0.05, 0) is 0 Å². The molecule has 0 bridgehead atoms. The Bertz CT molecular complexity index is 145. The maximum absolute atomic E-state index is 5.53. The van der Waals surface area contributed by atoms with E-state index >= 15 is 0 Å². The van der Waals surface area contributed by atoms with Crippen molar-refractivity contribution in [2.24, 2.45) is 16.6 Å². The third-order valence-corrected chi connectivity index (χ3v) is 1.93. The fourth-order valence-electron chi connectivity index (χ4n) is 1.17. The molecule has 1 aliphatic heterocycles. The van der Waals surface area contributed by atoms with Gasteiger partial charge in [0.2, 0.25) is 0 Å². The van der Waals surface area contributed by atoms with Gasteiger partial charge in [0.05, 0.1) is 11.9 Å². The molecule has 0 saturated heterocycles. The van der Waals surface area contributed by atoms with Crippen molar-refractivity contribution in [3.8, 4) is 0 Å². The fraction of sp³-hybridized carbons (Fsp3) is 0.857. The number of aliphatic imine (C=N–C) groups is 1. The van der Waals surface area contributed by atoms with Crippen LogP contribution < -0.4 is 5.73 Å². The highest BCUT2D eigenvalue weighted by atomic mass is 16.5. The van der Waals surface area contributed by atoms with Crippen LogP contribution >= 0.6 is 0 Å². The quantitative estimate of drug-likeness (QED) is 0.576. The molecular weight excluding hydrogens is 128 g/mol. The molecule has 0 aliphatic carbocycles. The van der Waals surface area contributed by atoms with Crippen molar-refractivity contribution in [1.29, 1.82) is 0 Å². The lowest BCUT2D eigenvalue weighted by atomic mass is 9.99. The van der Waals surface area contributed by atoms with Gasteiger partial charge in [0.1, 0.15) is 0 Å². The topological polar surface area (TPSA) is 47.6 Å². The molecule has 1 heterocycles. The normalized spacial score (nSPS) is 33.6. The van der Waals surface area contributed by atoms with Gasteiger partial charge >= 0.3 is 0 Å². The van der Waals surface area contributed by atoms with Crippen LogP contribution in [0.25, 0.3) is 0 Å². The van der Waals surface area contributed by atoms with E-state index in [2.05, 4.69) is 11.9 Å². The van der Waals surface area contributed by atoms with Crippen LogP contribution in [-0.4, -0.2) is 25.6 Å². The lowest BCUT2D eigenvalue weighted by Gasteiger charge is -2.24. The molecule has 3 heteroatoms. The Morgan fingerprint density at radius 2 is 2.40 bits per heavy atom. The molecule has 0 aromatic rings. The smallest absolute Gasteiger partial charge is 0.0963 e. The van der Waals surface area contributed by atoms with E-state index in [0.29, 0.717) is 5.92 Å². The van der Waals surface area contributed by atoms with E-state index in [1.54, 1.807) is 7.11 Å². The predicted molar refractivity (Wildman–Crippen MR) is 41.1 cm³/mol. The first-order chi connectivity index (χ1) is 4.74. The zero-order valence-corrected chi connectivity index (χ0v) is 6.50. The van der Waals surface area contributed by atoms with E-state index in [1.807, 2.05) is 0 Å². The van der Waals surface area contributed by atoms with Crippen molar-refractivity contribution < 1.29 is 4.74 Å². The lowest BCUT2D eigenvalue weighted by molar-refractivity contribution is 0.0633. The lowest BCUT2D eigenvalue weighted by Crippen LogP contribution is -2.33. The Balaban J connectivity index is 2.53. The Morgan fingerprint density at radius 1 is 1.70 bits per heavy atom. The molecule has 1 rings (SSSR count). The third-order valence-electron chi connectivity index (χ3n) is 1.93.